The standard InChI is InChI=1S/C21H13BrClNO4/c22-13-5-3-4-12(10-13)19(21(25)26)27-17-9-8-14(23)11-15(17)20-24-16-6-1-2-7-18(16)28-20/h1-11,19H,(H,25,26). The maximum Gasteiger partial charge on any atom is 0.349 e. The van der Waals surface area contributed by atoms with Gasteiger partial charge in [0, 0.05) is 15.1 Å². The summed E-state index contributed by atoms with van der Waals surface area (Å²) in [7, 11) is 0. The van der Waals surface area contributed by atoms with Crippen LogP contribution in [0.1, 0.15) is 11.7 Å². The molecule has 0 amide bonds. The van der Waals surface area contributed by atoms with Crippen molar-refractivity contribution in [2.75, 3.05) is 0 Å². The van der Waals surface area contributed by atoms with E-state index < -0.39 is 12.1 Å². The number of para-hydroxylation sites is 2. The van der Waals surface area contributed by atoms with Crippen molar-refractivity contribution in [2.45, 2.75) is 6.10 Å². The minimum atomic E-state index is -1.21. The van der Waals surface area contributed by atoms with Crippen LogP contribution in [-0.4, -0.2) is 16.1 Å². The van der Waals surface area contributed by atoms with E-state index in [9.17, 15) is 9.90 Å². The normalized spacial score (nSPS) is 12.1. The fourth-order valence-corrected chi connectivity index (χ4v) is 3.41. The van der Waals surface area contributed by atoms with E-state index in [-0.39, 0.29) is 0 Å². The zero-order valence-electron chi connectivity index (χ0n) is 14.3. The number of carboxylic acids is 1. The number of carbonyl (C=O) groups is 1. The van der Waals surface area contributed by atoms with Crippen molar-refractivity contribution >= 4 is 44.6 Å². The van der Waals surface area contributed by atoms with E-state index in [4.69, 9.17) is 20.8 Å². The van der Waals surface area contributed by atoms with Crippen LogP contribution in [0.2, 0.25) is 5.02 Å². The Balaban J connectivity index is 1.78. The lowest BCUT2D eigenvalue weighted by atomic mass is 10.1. The third-order valence-corrected chi connectivity index (χ3v) is 4.81. The van der Waals surface area contributed by atoms with Crippen molar-refractivity contribution in [1.29, 1.82) is 0 Å². The fourth-order valence-electron chi connectivity index (χ4n) is 2.82. The zero-order valence-corrected chi connectivity index (χ0v) is 16.6. The van der Waals surface area contributed by atoms with Gasteiger partial charge in [0.1, 0.15) is 11.3 Å². The fraction of sp³-hybridized carbons (Fsp3) is 0.0476. The van der Waals surface area contributed by atoms with Gasteiger partial charge in [-0.15, -0.1) is 0 Å². The molecule has 0 bridgehead atoms. The van der Waals surface area contributed by atoms with Crippen LogP contribution in [0.4, 0.5) is 0 Å². The number of hydrogen-bond donors (Lipinski definition) is 1. The van der Waals surface area contributed by atoms with Crippen molar-refractivity contribution in [2.24, 2.45) is 0 Å². The second kappa shape index (κ2) is 7.66. The maximum atomic E-state index is 11.9. The quantitative estimate of drug-likeness (QED) is 0.390. The number of benzene rings is 3. The molecular weight excluding hydrogens is 446 g/mol. The molecule has 0 spiro atoms. The van der Waals surface area contributed by atoms with Gasteiger partial charge in [0.15, 0.2) is 5.58 Å². The van der Waals surface area contributed by atoms with E-state index in [2.05, 4.69) is 20.9 Å². The van der Waals surface area contributed by atoms with E-state index >= 15 is 0 Å². The molecule has 28 heavy (non-hydrogen) atoms. The maximum absolute atomic E-state index is 11.9. The highest BCUT2D eigenvalue weighted by Crippen LogP contribution is 2.36. The van der Waals surface area contributed by atoms with Crippen LogP contribution in [-0.2, 0) is 4.79 Å². The number of aromatic nitrogens is 1. The average molecular weight is 459 g/mol. The van der Waals surface area contributed by atoms with Gasteiger partial charge in [-0.3, -0.25) is 0 Å². The van der Waals surface area contributed by atoms with Crippen LogP contribution in [0.25, 0.3) is 22.6 Å². The predicted molar refractivity (Wildman–Crippen MR) is 110 cm³/mol. The third-order valence-electron chi connectivity index (χ3n) is 4.09. The molecule has 3 aromatic carbocycles. The molecule has 0 radical (unpaired) electrons. The van der Waals surface area contributed by atoms with E-state index in [0.29, 0.717) is 38.9 Å². The van der Waals surface area contributed by atoms with Crippen molar-refractivity contribution in [1.82, 2.24) is 4.98 Å². The molecule has 1 atom stereocenters. The van der Waals surface area contributed by atoms with Crippen molar-refractivity contribution < 1.29 is 19.1 Å². The minimum Gasteiger partial charge on any atom is -0.478 e. The van der Waals surface area contributed by atoms with Gasteiger partial charge in [-0.2, -0.15) is 0 Å². The van der Waals surface area contributed by atoms with Gasteiger partial charge < -0.3 is 14.3 Å². The first kappa shape index (κ1) is 18.5. The van der Waals surface area contributed by atoms with E-state index in [1.807, 2.05) is 24.3 Å². The minimum absolute atomic E-state index is 0.303. The highest BCUT2D eigenvalue weighted by Gasteiger charge is 2.25. The molecule has 1 aromatic heterocycles. The zero-order chi connectivity index (χ0) is 19.7. The van der Waals surface area contributed by atoms with Gasteiger partial charge in [0.25, 0.3) is 0 Å². The monoisotopic (exact) mass is 457 g/mol. The average Bonchev–Trinajstić information content (AvgIpc) is 3.10. The van der Waals surface area contributed by atoms with E-state index in [1.54, 1.807) is 42.5 Å². The molecule has 4 aromatic rings. The van der Waals surface area contributed by atoms with Crippen LogP contribution in [0.5, 0.6) is 5.75 Å². The van der Waals surface area contributed by atoms with Crippen LogP contribution < -0.4 is 4.74 Å². The Hall–Kier alpha value is -2.83. The second-order valence-corrected chi connectivity index (χ2v) is 7.37. The summed E-state index contributed by atoms with van der Waals surface area (Å²) in [6.07, 6.45) is -1.21. The van der Waals surface area contributed by atoms with Crippen molar-refractivity contribution in [3.63, 3.8) is 0 Å². The molecule has 0 aliphatic rings. The van der Waals surface area contributed by atoms with Gasteiger partial charge in [-0.25, -0.2) is 9.78 Å². The van der Waals surface area contributed by atoms with E-state index in [1.165, 1.54) is 0 Å². The molecule has 1 heterocycles. The molecule has 140 valence electrons. The number of aliphatic carboxylic acids is 1. The molecule has 7 heteroatoms. The van der Waals surface area contributed by atoms with Crippen LogP contribution >= 0.6 is 27.5 Å². The summed E-state index contributed by atoms with van der Waals surface area (Å²) in [5.74, 6) is -0.503. The Morgan fingerprint density at radius 2 is 1.93 bits per heavy atom. The molecule has 0 aliphatic carbocycles. The smallest absolute Gasteiger partial charge is 0.349 e. The molecule has 0 aliphatic heterocycles. The largest absolute Gasteiger partial charge is 0.478 e. The van der Waals surface area contributed by atoms with Crippen LogP contribution in [0, 0.1) is 0 Å². The van der Waals surface area contributed by atoms with Crippen molar-refractivity contribution in [3.05, 3.63) is 81.8 Å². The van der Waals surface area contributed by atoms with Crippen molar-refractivity contribution in [3.8, 4) is 17.2 Å². The summed E-state index contributed by atoms with van der Waals surface area (Å²) in [5.41, 5.74) is 2.28. The summed E-state index contributed by atoms with van der Waals surface area (Å²) in [5, 5.41) is 10.2. The first-order chi connectivity index (χ1) is 13.5. The van der Waals surface area contributed by atoms with Crippen LogP contribution in [0.15, 0.2) is 75.6 Å². The Bertz CT molecular complexity index is 1140. The molecule has 0 saturated heterocycles. The predicted octanol–water partition coefficient (Wildman–Crippen LogP) is 6.12. The topological polar surface area (TPSA) is 72.6 Å². The number of oxazole rings is 1. The third kappa shape index (κ3) is 3.74. The van der Waals surface area contributed by atoms with Gasteiger partial charge in [0.05, 0.1) is 5.56 Å². The molecular formula is C21H13BrClNO4. The number of fused-ring (bicyclic) bond motifs is 1. The number of hydrogen-bond acceptors (Lipinski definition) is 4. The Morgan fingerprint density at radius 3 is 2.68 bits per heavy atom. The number of halogens is 2. The van der Waals surface area contributed by atoms with Gasteiger partial charge >= 0.3 is 5.97 Å². The summed E-state index contributed by atoms with van der Waals surface area (Å²) in [6, 6.07) is 19.2. The number of nitrogens with zero attached hydrogens (tertiary/aromatic N) is 1. The Kier molecular flexibility index (Phi) is 5.07. The molecule has 0 saturated carbocycles. The highest BCUT2D eigenvalue weighted by molar-refractivity contribution is 9.10. The molecule has 1 unspecified atom stereocenters. The summed E-state index contributed by atoms with van der Waals surface area (Å²) in [6.45, 7) is 0. The number of ether oxygens (including phenoxy) is 1. The van der Waals surface area contributed by atoms with Crippen LogP contribution in [0.3, 0.4) is 0 Å². The molecule has 4 rings (SSSR count). The lowest BCUT2D eigenvalue weighted by Gasteiger charge is -2.17. The first-order valence-electron chi connectivity index (χ1n) is 8.32. The Morgan fingerprint density at radius 1 is 1.11 bits per heavy atom. The van der Waals surface area contributed by atoms with Gasteiger partial charge in [0.2, 0.25) is 12.0 Å². The lowest BCUT2D eigenvalue weighted by Crippen LogP contribution is -2.18. The van der Waals surface area contributed by atoms with Gasteiger partial charge in [-0.1, -0.05) is 51.8 Å². The SMILES string of the molecule is O=C(O)C(Oc1ccc(Cl)cc1-c1nc2ccccc2o1)c1cccc(Br)c1. The molecule has 1 N–H and O–H groups in total. The second-order valence-electron chi connectivity index (χ2n) is 6.02. The number of carboxylic acid groups (broad SMARTS) is 1. The van der Waals surface area contributed by atoms with E-state index in [0.717, 1.165) is 4.47 Å². The summed E-state index contributed by atoms with van der Waals surface area (Å²) >= 11 is 9.51. The summed E-state index contributed by atoms with van der Waals surface area (Å²) < 4.78 is 12.4. The Labute approximate surface area is 173 Å². The molecule has 5 nitrogen and oxygen atoms in total. The lowest BCUT2D eigenvalue weighted by molar-refractivity contribution is -0.145. The molecule has 0 fully saturated rings. The summed E-state index contributed by atoms with van der Waals surface area (Å²) in [4.78, 5) is 16.3. The highest BCUT2D eigenvalue weighted by atomic mass is 79.9. The number of rotatable bonds is 5. The first-order valence-corrected chi connectivity index (χ1v) is 9.49. The van der Waals surface area contributed by atoms with Gasteiger partial charge in [-0.05, 0) is 42.5 Å².